The molecule has 0 saturated carbocycles. The quantitative estimate of drug-likeness (QED) is 0.384. The van der Waals surface area contributed by atoms with Crippen LogP contribution in [0.5, 0.6) is 5.75 Å². The number of aryl methyl sites for hydroxylation is 2. The molecule has 3 aromatic rings. The fourth-order valence-corrected chi connectivity index (χ4v) is 3.94. The van der Waals surface area contributed by atoms with Crippen molar-refractivity contribution >= 4 is 23.4 Å². The Morgan fingerprint density at radius 3 is 2.37 bits per heavy atom. The van der Waals surface area contributed by atoms with E-state index < -0.39 is 6.04 Å². The highest BCUT2D eigenvalue weighted by atomic mass is 35.5. The van der Waals surface area contributed by atoms with Crippen LogP contribution in [-0.4, -0.2) is 35.9 Å². The maximum atomic E-state index is 13.6. The summed E-state index contributed by atoms with van der Waals surface area (Å²) < 4.78 is 5.83. The van der Waals surface area contributed by atoms with Gasteiger partial charge in [0.25, 0.3) is 5.91 Å². The van der Waals surface area contributed by atoms with Crippen molar-refractivity contribution in [2.45, 2.75) is 46.2 Å². The second-order valence-corrected chi connectivity index (χ2v) is 9.05. The first-order valence-corrected chi connectivity index (χ1v) is 12.3. The van der Waals surface area contributed by atoms with E-state index in [2.05, 4.69) is 5.32 Å². The topological polar surface area (TPSA) is 58.6 Å². The predicted molar refractivity (Wildman–Crippen MR) is 141 cm³/mol. The average molecular weight is 493 g/mol. The Morgan fingerprint density at radius 1 is 0.971 bits per heavy atom. The zero-order valence-electron chi connectivity index (χ0n) is 20.6. The van der Waals surface area contributed by atoms with Gasteiger partial charge in [0.05, 0.1) is 0 Å². The van der Waals surface area contributed by atoms with Gasteiger partial charge in [0.1, 0.15) is 11.8 Å². The summed E-state index contributed by atoms with van der Waals surface area (Å²) in [4.78, 5) is 28.6. The van der Waals surface area contributed by atoms with E-state index >= 15 is 0 Å². The van der Waals surface area contributed by atoms with Gasteiger partial charge < -0.3 is 15.0 Å². The molecule has 5 nitrogen and oxygen atoms in total. The van der Waals surface area contributed by atoms with E-state index in [9.17, 15) is 9.59 Å². The van der Waals surface area contributed by atoms with Crippen LogP contribution >= 0.6 is 11.6 Å². The van der Waals surface area contributed by atoms with Crippen LogP contribution in [0.2, 0.25) is 5.02 Å². The molecule has 3 aromatic carbocycles. The van der Waals surface area contributed by atoms with Crippen LogP contribution in [0.25, 0.3) is 0 Å². The minimum atomic E-state index is -0.674. The van der Waals surface area contributed by atoms with Crippen LogP contribution in [0.1, 0.15) is 35.6 Å². The summed E-state index contributed by atoms with van der Waals surface area (Å²) in [6, 6.07) is 22.3. The summed E-state index contributed by atoms with van der Waals surface area (Å²) >= 11 is 6.12. The monoisotopic (exact) mass is 492 g/mol. The van der Waals surface area contributed by atoms with E-state index in [4.69, 9.17) is 16.3 Å². The smallest absolute Gasteiger partial charge is 0.261 e. The fraction of sp³-hybridized carbons (Fsp3) is 0.310. The first-order chi connectivity index (χ1) is 16.9. The SMILES string of the molecule is CCCNC(=O)[C@H](Cc1ccccc1)N(Cc1ccccc1C)C(=O)COc1ccc(Cl)c(C)c1. The molecule has 2 amide bonds. The van der Waals surface area contributed by atoms with Gasteiger partial charge in [-0.3, -0.25) is 9.59 Å². The summed E-state index contributed by atoms with van der Waals surface area (Å²) in [5.74, 6) is 0.138. The lowest BCUT2D eigenvalue weighted by molar-refractivity contribution is -0.142. The third-order valence-electron chi connectivity index (χ3n) is 5.91. The van der Waals surface area contributed by atoms with E-state index in [0.29, 0.717) is 30.3 Å². The highest BCUT2D eigenvalue weighted by Gasteiger charge is 2.30. The molecule has 1 atom stereocenters. The van der Waals surface area contributed by atoms with Gasteiger partial charge in [0, 0.05) is 24.5 Å². The zero-order valence-corrected chi connectivity index (χ0v) is 21.3. The number of nitrogens with zero attached hydrogens (tertiary/aromatic N) is 1. The van der Waals surface area contributed by atoms with Crippen LogP contribution in [0.15, 0.2) is 72.8 Å². The Bertz CT molecular complexity index is 1130. The Labute approximate surface area is 213 Å². The Hall–Kier alpha value is -3.31. The molecule has 0 aromatic heterocycles. The third-order valence-corrected chi connectivity index (χ3v) is 6.34. The molecule has 0 heterocycles. The molecule has 3 rings (SSSR count). The van der Waals surface area contributed by atoms with Gasteiger partial charge in [0.15, 0.2) is 6.61 Å². The minimum absolute atomic E-state index is 0.167. The van der Waals surface area contributed by atoms with Crippen molar-refractivity contribution in [2.75, 3.05) is 13.2 Å². The molecule has 184 valence electrons. The number of amides is 2. The highest BCUT2D eigenvalue weighted by Crippen LogP contribution is 2.22. The number of carbonyl (C=O) groups excluding carboxylic acids is 2. The van der Waals surface area contributed by atoms with Gasteiger partial charge in [-0.2, -0.15) is 0 Å². The zero-order chi connectivity index (χ0) is 25.2. The van der Waals surface area contributed by atoms with Gasteiger partial charge >= 0.3 is 0 Å². The standard InChI is InChI=1S/C29H33ClN2O3/c1-4-16-31-29(34)27(18-23-11-6-5-7-12-23)32(19-24-13-9-8-10-21(24)2)28(33)20-35-25-14-15-26(30)22(3)17-25/h5-15,17,27H,4,16,18-20H2,1-3H3,(H,31,34)/t27-/m0/s1. The molecule has 0 saturated heterocycles. The molecule has 0 spiro atoms. The molecule has 0 unspecified atom stereocenters. The van der Waals surface area contributed by atoms with Crippen molar-refractivity contribution in [2.24, 2.45) is 0 Å². The summed E-state index contributed by atoms with van der Waals surface area (Å²) in [5, 5.41) is 3.63. The maximum absolute atomic E-state index is 13.6. The maximum Gasteiger partial charge on any atom is 0.261 e. The van der Waals surface area contributed by atoms with Crippen molar-refractivity contribution in [3.63, 3.8) is 0 Å². The summed E-state index contributed by atoms with van der Waals surface area (Å²) in [6.45, 7) is 6.58. The molecule has 35 heavy (non-hydrogen) atoms. The first kappa shape index (κ1) is 26.3. The number of rotatable bonds is 11. The van der Waals surface area contributed by atoms with Gasteiger partial charge in [-0.15, -0.1) is 0 Å². The normalized spacial score (nSPS) is 11.5. The van der Waals surface area contributed by atoms with E-state index in [1.54, 1.807) is 23.1 Å². The van der Waals surface area contributed by atoms with Gasteiger partial charge in [-0.25, -0.2) is 0 Å². The van der Waals surface area contributed by atoms with Crippen LogP contribution in [-0.2, 0) is 22.6 Å². The van der Waals surface area contributed by atoms with E-state index in [0.717, 1.165) is 28.7 Å². The molecule has 0 aliphatic carbocycles. The van der Waals surface area contributed by atoms with E-state index in [-0.39, 0.29) is 18.4 Å². The van der Waals surface area contributed by atoms with E-state index in [1.807, 2.05) is 75.4 Å². The Kier molecular flexibility index (Phi) is 9.74. The fourth-order valence-electron chi connectivity index (χ4n) is 3.83. The lowest BCUT2D eigenvalue weighted by Gasteiger charge is -2.32. The molecule has 0 aliphatic rings. The number of hydrogen-bond donors (Lipinski definition) is 1. The number of hydrogen-bond acceptors (Lipinski definition) is 3. The second kappa shape index (κ2) is 13.0. The lowest BCUT2D eigenvalue weighted by atomic mass is 10.0. The molecule has 6 heteroatoms. The molecular formula is C29H33ClN2O3. The van der Waals surface area contributed by atoms with E-state index in [1.165, 1.54) is 0 Å². The van der Waals surface area contributed by atoms with Crippen molar-refractivity contribution in [3.05, 3.63) is 100 Å². The minimum Gasteiger partial charge on any atom is -0.484 e. The number of halogens is 1. The Balaban J connectivity index is 1.90. The summed E-state index contributed by atoms with van der Waals surface area (Å²) in [7, 11) is 0. The van der Waals surface area contributed by atoms with Gasteiger partial charge in [-0.05, 0) is 60.7 Å². The molecule has 0 fully saturated rings. The average Bonchev–Trinajstić information content (AvgIpc) is 2.86. The summed E-state index contributed by atoms with van der Waals surface area (Å²) in [6.07, 6.45) is 1.22. The number of ether oxygens (including phenoxy) is 1. The first-order valence-electron chi connectivity index (χ1n) is 11.9. The van der Waals surface area contributed by atoms with Gasteiger partial charge in [0.2, 0.25) is 5.91 Å². The van der Waals surface area contributed by atoms with Crippen molar-refractivity contribution < 1.29 is 14.3 Å². The molecule has 1 N–H and O–H groups in total. The number of benzene rings is 3. The van der Waals surface area contributed by atoms with Gasteiger partial charge in [-0.1, -0.05) is 73.1 Å². The molecular weight excluding hydrogens is 460 g/mol. The molecule has 0 radical (unpaired) electrons. The number of carbonyl (C=O) groups is 2. The van der Waals surface area contributed by atoms with Crippen molar-refractivity contribution in [1.29, 1.82) is 0 Å². The molecule has 0 bridgehead atoms. The van der Waals surface area contributed by atoms with Crippen LogP contribution in [0.3, 0.4) is 0 Å². The number of nitrogens with one attached hydrogen (secondary N) is 1. The van der Waals surface area contributed by atoms with Crippen molar-refractivity contribution in [3.8, 4) is 5.75 Å². The third kappa shape index (κ3) is 7.59. The lowest BCUT2D eigenvalue weighted by Crippen LogP contribution is -2.51. The summed E-state index contributed by atoms with van der Waals surface area (Å²) in [5.41, 5.74) is 3.91. The predicted octanol–water partition coefficient (Wildman–Crippen LogP) is 5.50. The molecule has 0 aliphatic heterocycles. The van der Waals surface area contributed by atoms with Crippen LogP contribution < -0.4 is 10.1 Å². The largest absolute Gasteiger partial charge is 0.484 e. The Morgan fingerprint density at radius 2 is 1.69 bits per heavy atom. The van der Waals surface area contributed by atoms with Crippen molar-refractivity contribution in [1.82, 2.24) is 10.2 Å². The highest BCUT2D eigenvalue weighted by molar-refractivity contribution is 6.31. The van der Waals surface area contributed by atoms with Crippen LogP contribution in [0, 0.1) is 13.8 Å². The van der Waals surface area contributed by atoms with Crippen LogP contribution in [0.4, 0.5) is 0 Å². The second-order valence-electron chi connectivity index (χ2n) is 8.64.